The van der Waals surface area contributed by atoms with Crippen LogP contribution in [0.15, 0.2) is 41.8 Å². The second kappa shape index (κ2) is 7.59. The second-order valence-corrected chi connectivity index (χ2v) is 7.39. The molecule has 2 rings (SSSR count). The number of rotatable bonds is 7. The third kappa shape index (κ3) is 4.21. The summed E-state index contributed by atoms with van der Waals surface area (Å²) in [4.78, 5) is 23.4. The molecule has 0 heterocycles. The fourth-order valence-electron chi connectivity index (χ4n) is 2.72. The lowest BCUT2D eigenvalue weighted by Crippen LogP contribution is -2.40. The zero-order valence-corrected chi connectivity index (χ0v) is 13.9. The van der Waals surface area contributed by atoms with E-state index in [-0.39, 0.29) is 17.0 Å². The van der Waals surface area contributed by atoms with Crippen LogP contribution in [0.2, 0.25) is 0 Å². The second-order valence-electron chi connectivity index (χ2n) is 5.62. The molecule has 1 aromatic rings. The summed E-state index contributed by atoms with van der Waals surface area (Å²) < 4.78 is 26.2. The number of carbonyl (C=O) groups is 2. The van der Waals surface area contributed by atoms with Crippen molar-refractivity contribution in [2.24, 2.45) is 5.92 Å². The molecule has 1 aliphatic rings. The average Bonchev–Trinajstić information content (AvgIpc) is 3.01. The molecule has 0 spiro atoms. The van der Waals surface area contributed by atoms with Gasteiger partial charge in [0.05, 0.1) is 10.8 Å². The number of sulfonamides is 1. The first-order valence-corrected chi connectivity index (χ1v) is 9.08. The van der Waals surface area contributed by atoms with Crippen molar-refractivity contribution >= 4 is 21.9 Å². The number of benzene rings is 1. The molecule has 1 saturated carbocycles. The Kier molecular flexibility index (Phi) is 5.74. The van der Waals surface area contributed by atoms with Crippen LogP contribution in [0, 0.1) is 5.92 Å². The number of carbonyl (C=O) groups excluding carboxylic acids is 1. The van der Waals surface area contributed by atoms with E-state index in [0.717, 1.165) is 6.42 Å². The van der Waals surface area contributed by atoms with Crippen molar-refractivity contribution in [1.29, 1.82) is 0 Å². The number of amides is 1. The number of aliphatic carboxylic acids is 1. The summed E-state index contributed by atoms with van der Waals surface area (Å²) in [5, 5.41) is 11.9. The summed E-state index contributed by atoms with van der Waals surface area (Å²) in [6, 6.07) is 5.09. The lowest BCUT2D eigenvalue weighted by atomic mass is 10.0. The lowest BCUT2D eigenvalue weighted by Gasteiger charge is -2.17. The topological polar surface area (TPSA) is 113 Å². The highest BCUT2D eigenvalue weighted by Crippen LogP contribution is 2.26. The van der Waals surface area contributed by atoms with Gasteiger partial charge in [0.15, 0.2) is 0 Å². The molecular formula is C16H20N2O5S. The fourth-order valence-corrected chi connectivity index (χ4v) is 3.72. The number of hydrogen-bond donors (Lipinski definition) is 3. The van der Waals surface area contributed by atoms with E-state index in [1.807, 2.05) is 0 Å². The first-order valence-electron chi connectivity index (χ1n) is 7.59. The van der Waals surface area contributed by atoms with Crippen molar-refractivity contribution in [3.8, 4) is 0 Å². The third-order valence-electron chi connectivity index (χ3n) is 3.99. The summed E-state index contributed by atoms with van der Waals surface area (Å²) in [6.07, 6.45) is 3.36. The predicted octanol–water partition coefficient (Wildman–Crippen LogP) is 1.13. The molecule has 1 aliphatic carbocycles. The zero-order valence-electron chi connectivity index (χ0n) is 13.1. The Labute approximate surface area is 140 Å². The largest absolute Gasteiger partial charge is 0.481 e. The molecule has 0 aliphatic heterocycles. The van der Waals surface area contributed by atoms with Crippen molar-refractivity contribution in [3.63, 3.8) is 0 Å². The Morgan fingerprint density at radius 2 is 1.92 bits per heavy atom. The molecule has 1 aromatic carbocycles. The van der Waals surface area contributed by atoms with Gasteiger partial charge in [-0.05, 0) is 37.1 Å². The number of carboxylic acid groups (broad SMARTS) is 1. The van der Waals surface area contributed by atoms with Crippen molar-refractivity contribution in [1.82, 2.24) is 10.0 Å². The van der Waals surface area contributed by atoms with Gasteiger partial charge in [-0.3, -0.25) is 9.59 Å². The van der Waals surface area contributed by atoms with Gasteiger partial charge < -0.3 is 10.4 Å². The Morgan fingerprint density at radius 1 is 1.25 bits per heavy atom. The molecule has 130 valence electrons. The minimum Gasteiger partial charge on any atom is -0.481 e. The van der Waals surface area contributed by atoms with Crippen LogP contribution in [0.25, 0.3) is 0 Å². The molecule has 1 fully saturated rings. The highest BCUT2D eigenvalue weighted by atomic mass is 32.2. The monoisotopic (exact) mass is 352 g/mol. The molecule has 0 bridgehead atoms. The van der Waals surface area contributed by atoms with Gasteiger partial charge >= 0.3 is 5.97 Å². The maximum atomic E-state index is 12.2. The molecule has 1 amide bonds. The molecule has 2 atom stereocenters. The molecule has 8 heteroatoms. The maximum absolute atomic E-state index is 12.2. The van der Waals surface area contributed by atoms with Crippen LogP contribution in [0.5, 0.6) is 0 Å². The smallest absolute Gasteiger partial charge is 0.308 e. The van der Waals surface area contributed by atoms with Gasteiger partial charge in [-0.25, -0.2) is 13.1 Å². The summed E-state index contributed by atoms with van der Waals surface area (Å²) in [5.74, 6) is -1.89. The average molecular weight is 352 g/mol. The zero-order chi connectivity index (χ0) is 17.7. The maximum Gasteiger partial charge on any atom is 0.308 e. The van der Waals surface area contributed by atoms with Crippen LogP contribution < -0.4 is 10.0 Å². The minimum atomic E-state index is -3.64. The molecule has 0 radical (unpaired) electrons. The Morgan fingerprint density at radius 3 is 2.50 bits per heavy atom. The summed E-state index contributed by atoms with van der Waals surface area (Å²) in [6.45, 7) is 3.55. The van der Waals surface area contributed by atoms with Gasteiger partial charge in [0.1, 0.15) is 0 Å². The van der Waals surface area contributed by atoms with Crippen LogP contribution in [-0.2, 0) is 14.8 Å². The number of nitrogens with one attached hydrogen (secondary N) is 2. The van der Waals surface area contributed by atoms with E-state index in [4.69, 9.17) is 5.11 Å². The lowest BCUT2D eigenvalue weighted by molar-refractivity contribution is -0.142. The molecule has 0 aromatic heterocycles. The molecule has 24 heavy (non-hydrogen) atoms. The third-order valence-corrected chi connectivity index (χ3v) is 5.43. The van der Waals surface area contributed by atoms with E-state index < -0.39 is 33.9 Å². The van der Waals surface area contributed by atoms with Gasteiger partial charge in [0.2, 0.25) is 10.0 Å². The van der Waals surface area contributed by atoms with Crippen LogP contribution in [-0.4, -0.2) is 38.0 Å². The fraction of sp³-hybridized carbons (Fsp3) is 0.375. The molecular weight excluding hydrogens is 332 g/mol. The van der Waals surface area contributed by atoms with E-state index in [0.29, 0.717) is 12.8 Å². The highest BCUT2D eigenvalue weighted by Gasteiger charge is 2.34. The normalized spacial score (nSPS) is 20.5. The van der Waals surface area contributed by atoms with E-state index in [1.54, 1.807) is 0 Å². The first kappa shape index (κ1) is 18.2. The van der Waals surface area contributed by atoms with Crippen LogP contribution in [0.3, 0.4) is 0 Å². The number of carboxylic acids is 1. The van der Waals surface area contributed by atoms with Crippen LogP contribution in [0.4, 0.5) is 0 Å². The van der Waals surface area contributed by atoms with Crippen molar-refractivity contribution in [2.75, 3.05) is 6.54 Å². The Hall–Kier alpha value is -2.19. The van der Waals surface area contributed by atoms with Crippen molar-refractivity contribution < 1.29 is 23.1 Å². The van der Waals surface area contributed by atoms with E-state index in [2.05, 4.69) is 16.6 Å². The van der Waals surface area contributed by atoms with Crippen LogP contribution >= 0.6 is 0 Å². The van der Waals surface area contributed by atoms with Gasteiger partial charge in [-0.1, -0.05) is 12.5 Å². The van der Waals surface area contributed by atoms with E-state index >= 15 is 0 Å². The van der Waals surface area contributed by atoms with Gasteiger partial charge in [0, 0.05) is 18.2 Å². The first-order chi connectivity index (χ1) is 11.3. The van der Waals surface area contributed by atoms with Gasteiger partial charge in [0.25, 0.3) is 5.91 Å². The molecule has 0 saturated heterocycles. The van der Waals surface area contributed by atoms with Crippen molar-refractivity contribution in [2.45, 2.75) is 30.2 Å². The summed E-state index contributed by atoms with van der Waals surface area (Å²) >= 11 is 0. The minimum absolute atomic E-state index is 0.0465. The number of hydrogen-bond acceptors (Lipinski definition) is 4. The molecule has 0 unspecified atom stereocenters. The molecule has 3 N–H and O–H groups in total. The van der Waals surface area contributed by atoms with Crippen molar-refractivity contribution in [3.05, 3.63) is 42.5 Å². The summed E-state index contributed by atoms with van der Waals surface area (Å²) in [7, 11) is -3.64. The SMILES string of the molecule is C=CCNS(=O)(=O)c1ccc(C(=O)N[C@H]2CCC[C@H]2C(=O)O)cc1. The summed E-state index contributed by atoms with van der Waals surface area (Å²) in [5.41, 5.74) is 0.286. The standard InChI is InChI=1S/C16H20N2O5S/c1-2-10-17-24(22,23)12-8-6-11(7-9-12)15(19)18-14-5-3-4-13(14)16(20)21/h2,6-9,13-14,17H,1,3-5,10H2,(H,18,19)(H,20,21)/t13-,14+/m1/s1. The quantitative estimate of drug-likeness (QED) is 0.637. The Balaban J connectivity index is 2.06. The van der Waals surface area contributed by atoms with E-state index in [9.17, 15) is 18.0 Å². The van der Waals surface area contributed by atoms with E-state index in [1.165, 1.54) is 30.3 Å². The highest BCUT2D eigenvalue weighted by molar-refractivity contribution is 7.89. The van der Waals surface area contributed by atoms with Crippen LogP contribution in [0.1, 0.15) is 29.6 Å². The Bertz CT molecular complexity index is 727. The van der Waals surface area contributed by atoms with Gasteiger partial charge in [-0.15, -0.1) is 6.58 Å². The predicted molar refractivity (Wildman–Crippen MR) is 88.1 cm³/mol. The molecule has 7 nitrogen and oxygen atoms in total. The van der Waals surface area contributed by atoms with Gasteiger partial charge in [-0.2, -0.15) is 0 Å².